The smallest absolute Gasteiger partial charge is 0.335 e. The standard InChI is InChI=1S/C9H8O5/c1-5(10)14-8-4-6(9(12)13)2-3-7(8)11/h2-4,11H,1H3,(H,12,13). The zero-order chi connectivity index (χ0) is 10.7. The summed E-state index contributed by atoms with van der Waals surface area (Å²) in [5.74, 6) is -2.20. The van der Waals surface area contributed by atoms with Crippen molar-refractivity contribution in [2.45, 2.75) is 6.92 Å². The lowest BCUT2D eigenvalue weighted by atomic mass is 10.2. The number of esters is 1. The summed E-state index contributed by atoms with van der Waals surface area (Å²) < 4.78 is 4.58. The third-order valence-electron chi connectivity index (χ3n) is 1.46. The van der Waals surface area contributed by atoms with Gasteiger partial charge in [-0.15, -0.1) is 0 Å². The fourth-order valence-electron chi connectivity index (χ4n) is 0.884. The Kier molecular flexibility index (Phi) is 2.71. The van der Waals surface area contributed by atoms with E-state index in [4.69, 9.17) is 5.11 Å². The maximum atomic E-state index is 10.6. The molecule has 0 aromatic heterocycles. The van der Waals surface area contributed by atoms with Crippen molar-refractivity contribution in [1.82, 2.24) is 0 Å². The first-order valence-electron chi connectivity index (χ1n) is 3.75. The SMILES string of the molecule is CC(=O)Oc1cc(C(=O)O)ccc1O. The molecule has 0 aliphatic heterocycles. The molecule has 74 valence electrons. The van der Waals surface area contributed by atoms with E-state index in [9.17, 15) is 14.7 Å². The van der Waals surface area contributed by atoms with Crippen LogP contribution in [0.2, 0.25) is 0 Å². The summed E-state index contributed by atoms with van der Waals surface area (Å²) in [6, 6.07) is 3.45. The number of hydrogen-bond acceptors (Lipinski definition) is 4. The van der Waals surface area contributed by atoms with Crippen molar-refractivity contribution >= 4 is 11.9 Å². The maximum absolute atomic E-state index is 10.6. The lowest BCUT2D eigenvalue weighted by Crippen LogP contribution is -2.03. The Balaban J connectivity index is 3.08. The molecule has 0 amide bonds. The largest absolute Gasteiger partial charge is 0.504 e. The lowest BCUT2D eigenvalue weighted by molar-refractivity contribution is -0.132. The number of benzene rings is 1. The Labute approximate surface area is 79.6 Å². The number of phenols is 1. The first kappa shape index (κ1) is 10.0. The van der Waals surface area contributed by atoms with Gasteiger partial charge in [0.1, 0.15) is 0 Å². The highest BCUT2D eigenvalue weighted by molar-refractivity contribution is 5.88. The van der Waals surface area contributed by atoms with Gasteiger partial charge < -0.3 is 14.9 Å². The molecule has 0 fully saturated rings. The van der Waals surface area contributed by atoms with Crippen LogP contribution in [0.4, 0.5) is 0 Å². The minimum Gasteiger partial charge on any atom is -0.504 e. The minimum atomic E-state index is -1.15. The zero-order valence-electron chi connectivity index (χ0n) is 7.35. The fourth-order valence-corrected chi connectivity index (χ4v) is 0.884. The number of aromatic hydroxyl groups is 1. The summed E-state index contributed by atoms with van der Waals surface area (Å²) in [6.07, 6.45) is 0. The van der Waals surface area contributed by atoms with Gasteiger partial charge in [0.2, 0.25) is 0 Å². The molecule has 1 aromatic carbocycles. The van der Waals surface area contributed by atoms with Crippen LogP contribution in [0.25, 0.3) is 0 Å². The predicted molar refractivity (Wildman–Crippen MR) is 46.4 cm³/mol. The first-order chi connectivity index (χ1) is 6.50. The second-order valence-corrected chi connectivity index (χ2v) is 2.58. The van der Waals surface area contributed by atoms with Crippen molar-refractivity contribution in [3.63, 3.8) is 0 Å². The Morgan fingerprint density at radius 3 is 2.50 bits per heavy atom. The Bertz CT molecular complexity index is 383. The van der Waals surface area contributed by atoms with Gasteiger partial charge >= 0.3 is 11.9 Å². The van der Waals surface area contributed by atoms with Crippen LogP contribution in [0.1, 0.15) is 17.3 Å². The Morgan fingerprint density at radius 1 is 1.36 bits per heavy atom. The maximum Gasteiger partial charge on any atom is 0.335 e. The summed E-state index contributed by atoms with van der Waals surface area (Å²) in [5, 5.41) is 17.8. The van der Waals surface area contributed by atoms with E-state index >= 15 is 0 Å². The molecule has 0 saturated carbocycles. The first-order valence-corrected chi connectivity index (χ1v) is 3.75. The molecule has 0 aliphatic carbocycles. The average Bonchev–Trinajstić information content (AvgIpc) is 2.07. The predicted octanol–water partition coefficient (Wildman–Crippen LogP) is 1.02. The Morgan fingerprint density at radius 2 is 2.00 bits per heavy atom. The molecule has 1 aromatic rings. The van der Waals surface area contributed by atoms with E-state index in [-0.39, 0.29) is 17.1 Å². The van der Waals surface area contributed by atoms with Crippen molar-refractivity contribution in [3.05, 3.63) is 23.8 Å². The van der Waals surface area contributed by atoms with Gasteiger partial charge in [0, 0.05) is 6.92 Å². The summed E-state index contributed by atoms with van der Waals surface area (Å²) in [6.45, 7) is 1.16. The van der Waals surface area contributed by atoms with Gasteiger partial charge in [0.15, 0.2) is 11.5 Å². The minimum absolute atomic E-state index is 0.0564. The molecule has 0 spiro atoms. The molecule has 2 N–H and O–H groups in total. The zero-order valence-corrected chi connectivity index (χ0v) is 7.35. The Hall–Kier alpha value is -2.04. The molecule has 0 radical (unpaired) electrons. The van der Waals surface area contributed by atoms with Crippen LogP contribution in [-0.4, -0.2) is 22.2 Å². The number of phenolic OH excluding ortho intramolecular Hbond substituents is 1. The third-order valence-corrected chi connectivity index (χ3v) is 1.46. The molecule has 0 heterocycles. The number of carboxylic acid groups (broad SMARTS) is 1. The van der Waals surface area contributed by atoms with Gasteiger partial charge in [-0.1, -0.05) is 0 Å². The van der Waals surface area contributed by atoms with Crippen LogP contribution in [0.3, 0.4) is 0 Å². The van der Waals surface area contributed by atoms with E-state index < -0.39 is 11.9 Å². The van der Waals surface area contributed by atoms with Crippen molar-refractivity contribution in [3.8, 4) is 11.5 Å². The van der Waals surface area contributed by atoms with E-state index in [0.717, 1.165) is 19.1 Å². The van der Waals surface area contributed by atoms with E-state index in [1.165, 1.54) is 6.07 Å². The van der Waals surface area contributed by atoms with E-state index in [2.05, 4.69) is 4.74 Å². The van der Waals surface area contributed by atoms with Crippen LogP contribution in [0.15, 0.2) is 18.2 Å². The molecule has 14 heavy (non-hydrogen) atoms. The van der Waals surface area contributed by atoms with E-state index in [1.54, 1.807) is 0 Å². The van der Waals surface area contributed by atoms with Crippen molar-refractivity contribution in [1.29, 1.82) is 0 Å². The molecule has 0 aliphatic rings. The number of hydrogen-bond donors (Lipinski definition) is 2. The topological polar surface area (TPSA) is 83.8 Å². The van der Waals surface area contributed by atoms with E-state index in [0.29, 0.717) is 0 Å². The van der Waals surface area contributed by atoms with Gasteiger partial charge in [-0.25, -0.2) is 4.79 Å². The van der Waals surface area contributed by atoms with Gasteiger partial charge in [-0.05, 0) is 18.2 Å². The summed E-state index contributed by atoms with van der Waals surface area (Å²) >= 11 is 0. The summed E-state index contributed by atoms with van der Waals surface area (Å²) in [7, 11) is 0. The average molecular weight is 196 g/mol. The number of carbonyl (C=O) groups excluding carboxylic acids is 1. The second-order valence-electron chi connectivity index (χ2n) is 2.58. The van der Waals surface area contributed by atoms with Crippen LogP contribution in [0, 0.1) is 0 Å². The van der Waals surface area contributed by atoms with Gasteiger partial charge in [0.05, 0.1) is 5.56 Å². The van der Waals surface area contributed by atoms with Crippen molar-refractivity contribution in [2.75, 3.05) is 0 Å². The van der Waals surface area contributed by atoms with Crippen LogP contribution < -0.4 is 4.74 Å². The fraction of sp³-hybridized carbons (Fsp3) is 0.111. The lowest BCUT2D eigenvalue weighted by Gasteiger charge is -2.04. The highest BCUT2D eigenvalue weighted by Gasteiger charge is 2.10. The number of aromatic carboxylic acids is 1. The van der Waals surface area contributed by atoms with Gasteiger partial charge in [0.25, 0.3) is 0 Å². The van der Waals surface area contributed by atoms with Crippen LogP contribution in [-0.2, 0) is 4.79 Å². The summed E-state index contributed by atoms with van der Waals surface area (Å²) in [5.41, 5.74) is -0.0564. The van der Waals surface area contributed by atoms with Crippen LogP contribution >= 0.6 is 0 Å². The molecule has 0 saturated heterocycles. The molecule has 0 atom stereocenters. The second kappa shape index (κ2) is 3.78. The number of carbonyl (C=O) groups is 2. The molecule has 5 heteroatoms. The number of ether oxygens (including phenoxy) is 1. The third kappa shape index (κ3) is 2.22. The monoisotopic (exact) mass is 196 g/mol. The molecule has 0 bridgehead atoms. The van der Waals surface area contributed by atoms with E-state index in [1.807, 2.05) is 0 Å². The molecule has 1 rings (SSSR count). The van der Waals surface area contributed by atoms with Gasteiger partial charge in [-0.3, -0.25) is 4.79 Å². The normalized spacial score (nSPS) is 9.50. The van der Waals surface area contributed by atoms with Gasteiger partial charge in [-0.2, -0.15) is 0 Å². The number of carboxylic acids is 1. The van der Waals surface area contributed by atoms with Crippen LogP contribution in [0.5, 0.6) is 11.5 Å². The number of rotatable bonds is 2. The highest BCUT2D eigenvalue weighted by atomic mass is 16.5. The van der Waals surface area contributed by atoms with Crippen molar-refractivity contribution < 1.29 is 24.5 Å². The molecular weight excluding hydrogens is 188 g/mol. The summed E-state index contributed by atoms with van der Waals surface area (Å²) in [4.78, 5) is 21.1. The quantitative estimate of drug-likeness (QED) is 0.544. The molecular formula is C9H8O5. The highest BCUT2D eigenvalue weighted by Crippen LogP contribution is 2.26. The van der Waals surface area contributed by atoms with Crippen molar-refractivity contribution in [2.24, 2.45) is 0 Å². The molecule has 5 nitrogen and oxygen atoms in total. The molecule has 0 unspecified atom stereocenters.